The molecule has 2 heterocycles. The average molecular weight is 469 g/mol. The molecule has 4 aromatic rings. The van der Waals surface area contributed by atoms with E-state index in [0.29, 0.717) is 32.2 Å². The minimum atomic E-state index is -0.428. The molecule has 0 aliphatic heterocycles. The maximum atomic E-state index is 12.9. The molecule has 9 nitrogen and oxygen atoms in total. The molecule has 0 spiro atoms. The second-order valence-corrected chi connectivity index (χ2v) is 8.73. The topological polar surface area (TPSA) is 109 Å². The first kappa shape index (κ1) is 21.5. The zero-order chi connectivity index (χ0) is 22.7. The molecule has 0 fully saturated rings. The molecule has 0 saturated heterocycles. The monoisotopic (exact) mass is 468 g/mol. The van der Waals surface area contributed by atoms with Gasteiger partial charge in [-0.25, -0.2) is 4.98 Å². The van der Waals surface area contributed by atoms with E-state index in [4.69, 9.17) is 9.47 Å². The van der Waals surface area contributed by atoms with Gasteiger partial charge in [-0.1, -0.05) is 23.9 Å². The number of rotatable bonds is 7. The molecular weight excluding hydrogens is 452 g/mol. The number of fused-ring (bicyclic) bond motifs is 1. The third-order valence-electron chi connectivity index (χ3n) is 4.44. The molecule has 32 heavy (non-hydrogen) atoms. The molecule has 0 saturated carbocycles. The Morgan fingerprint density at radius 1 is 1.19 bits per heavy atom. The summed E-state index contributed by atoms with van der Waals surface area (Å²) in [6.07, 6.45) is 2.83. The Balaban J connectivity index is 1.67. The minimum absolute atomic E-state index is 0.0113. The predicted molar refractivity (Wildman–Crippen MR) is 124 cm³/mol. The summed E-state index contributed by atoms with van der Waals surface area (Å²) < 4.78 is 12.4. The van der Waals surface area contributed by atoms with Gasteiger partial charge in [0.1, 0.15) is 22.7 Å². The normalized spacial score (nSPS) is 11.2. The van der Waals surface area contributed by atoms with Crippen molar-refractivity contribution in [2.45, 2.75) is 9.10 Å². The Bertz CT molecular complexity index is 1400. The van der Waals surface area contributed by atoms with E-state index in [-0.39, 0.29) is 11.2 Å². The first-order valence-corrected chi connectivity index (χ1v) is 10.8. The molecule has 0 amide bonds. The van der Waals surface area contributed by atoms with E-state index in [1.165, 1.54) is 41.7 Å². The lowest BCUT2D eigenvalue weighted by Crippen LogP contribution is -2.16. The third-order valence-corrected chi connectivity index (χ3v) is 6.67. The summed E-state index contributed by atoms with van der Waals surface area (Å²) in [5.74, 6) is 1.21. The highest BCUT2D eigenvalue weighted by Crippen LogP contribution is 2.39. The summed E-state index contributed by atoms with van der Waals surface area (Å²) in [7, 11) is 3.10. The van der Waals surface area contributed by atoms with Gasteiger partial charge in [0.25, 0.3) is 11.2 Å². The van der Waals surface area contributed by atoms with E-state index in [1.54, 1.807) is 56.7 Å². The molecule has 4 rings (SSSR count). The van der Waals surface area contributed by atoms with Crippen LogP contribution in [0, 0.1) is 10.1 Å². The van der Waals surface area contributed by atoms with E-state index < -0.39 is 4.92 Å². The number of hydrogen-bond donors (Lipinski definition) is 0. The van der Waals surface area contributed by atoms with Crippen molar-refractivity contribution in [2.24, 2.45) is 5.10 Å². The Labute approximate surface area is 190 Å². The lowest BCUT2D eigenvalue weighted by atomic mass is 10.2. The fourth-order valence-electron chi connectivity index (χ4n) is 2.89. The van der Waals surface area contributed by atoms with Gasteiger partial charge in [0.05, 0.1) is 39.8 Å². The van der Waals surface area contributed by atoms with Crippen molar-refractivity contribution >= 4 is 45.2 Å². The van der Waals surface area contributed by atoms with Crippen LogP contribution >= 0.6 is 23.1 Å². The number of benzene rings is 2. The van der Waals surface area contributed by atoms with Gasteiger partial charge >= 0.3 is 0 Å². The van der Waals surface area contributed by atoms with Crippen molar-refractivity contribution in [3.8, 4) is 11.5 Å². The van der Waals surface area contributed by atoms with Crippen molar-refractivity contribution in [3.63, 3.8) is 0 Å². The summed E-state index contributed by atoms with van der Waals surface area (Å²) in [4.78, 5) is 29.1. The van der Waals surface area contributed by atoms with Crippen LogP contribution in [-0.2, 0) is 0 Å². The van der Waals surface area contributed by atoms with Gasteiger partial charge in [-0.3, -0.25) is 14.9 Å². The van der Waals surface area contributed by atoms with Crippen molar-refractivity contribution in [2.75, 3.05) is 14.2 Å². The molecule has 0 atom stereocenters. The van der Waals surface area contributed by atoms with Crippen LogP contribution in [0.5, 0.6) is 11.5 Å². The average Bonchev–Trinajstić information content (AvgIpc) is 3.22. The molecule has 0 N–H and O–H groups in total. The third kappa shape index (κ3) is 4.34. The van der Waals surface area contributed by atoms with Gasteiger partial charge in [-0.15, -0.1) is 11.3 Å². The zero-order valence-electron chi connectivity index (χ0n) is 16.9. The van der Waals surface area contributed by atoms with E-state index in [2.05, 4.69) is 10.1 Å². The van der Waals surface area contributed by atoms with Gasteiger partial charge in [0, 0.05) is 11.6 Å². The van der Waals surface area contributed by atoms with Crippen LogP contribution in [0.4, 0.5) is 5.69 Å². The zero-order valence-corrected chi connectivity index (χ0v) is 18.6. The number of methoxy groups -OCH3 is 2. The standard InChI is InChI=1S/C21H16N4O5S2/c1-29-14-7-8-17(30-2)13(9-14)11-23-24-12-22-20-15(21(24)26)10-19(32-20)31-18-6-4-3-5-16(18)25(27)28/h3-12H,1-2H3. The summed E-state index contributed by atoms with van der Waals surface area (Å²) in [6, 6.07) is 13.4. The second kappa shape index (κ2) is 9.20. The first-order chi connectivity index (χ1) is 15.5. The number of aromatic nitrogens is 2. The van der Waals surface area contributed by atoms with Crippen molar-refractivity contribution in [3.05, 3.63) is 80.9 Å². The van der Waals surface area contributed by atoms with Gasteiger partial charge in [-0.2, -0.15) is 9.78 Å². The molecule has 0 aliphatic carbocycles. The number of para-hydroxylation sites is 1. The summed E-state index contributed by atoms with van der Waals surface area (Å²) in [5, 5.41) is 15.9. The number of hydrogen-bond acceptors (Lipinski definition) is 9. The highest BCUT2D eigenvalue weighted by Gasteiger charge is 2.16. The van der Waals surface area contributed by atoms with Crippen molar-refractivity contribution in [1.82, 2.24) is 9.66 Å². The predicted octanol–water partition coefficient (Wildman–Crippen LogP) is 4.42. The van der Waals surface area contributed by atoms with Crippen LogP contribution < -0.4 is 15.0 Å². The van der Waals surface area contributed by atoms with E-state index in [9.17, 15) is 14.9 Å². The minimum Gasteiger partial charge on any atom is -0.497 e. The Kier molecular flexibility index (Phi) is 6.19. The van der Waals surface area contributed by atoms with Crippen LogP contribution in [0.25, 0.3) is 10.2 Å². The van der Waals surface area contributed by atoms with Crippen LogP contribution in [0.3, 0.4) is 0 Å². The van der Waals surface area contributed by atoms with Crippen LogP contribution in [0.2, 0.25) is 0 Å². The lowest BCUT2D eigenvalue weighted by molar-refractivity contribution is -0.387. The molecule has 0 aliphatic rings. The maximum absolute atomic E-state index is 12.9. The second-order valence-electron chi connectivity index (χ2n) is 6.36. The van der Waals surface area contributed by atoms with Crippen molar-refractivity contribution in [1.29, 1.82) is 0 Å². The fourth-order valence-corrected chi connectivity index (χ4v) is 5.07. The first-order valence-electron chi connectivity index (χ1n) is 9.19. The van der Waals surface area contributed by atoms with Gasteiger partial charge in [0.15, 0.2) is 0 Å². The van der Waals surface area contributed by atoms with Crippen LogP contribution in [0.1, 0.15) is 5.56 Å². The smallest absolute Gasteiger partial charge is 0.283 e. The number of nitro benzene ring substituents is 1. The molecule has 11 heteroatoms. The van der Waals surface area contributed by atoms with E-state index in [0.717, 1.165) is 8.89 Å². The molecule has 0 bridgehead atoms. The van der Waals surface area contributed by atoms with Gasteiger partial charge < -0.3 is 9.47 Å². The number of ether oxygens (including phenoxy) is 2. The molecule has 0 unspecified atom stereocenters. The van der Waals surface area contributed by atoms with Gasteiger partial charge in [0.2, 0.25) is 0 Å². The van der Waals surface area contributed by atoms with E-state index >= 15 is 0 Å². The number of nitrogens with zero attached hydrogens (tertiary/aromatic N) is 4. The quantitative estimate of drug-likeness (QED) is 0.224. The molecule has 2 aromatic carbocycles. The SMILES string of the molecule is COc1ccc(OC)c(C=Nn2cnc3sc(Sc4ccccc4[N+](=O)[O-])cc3c2=O)c1. The van der Waals surface area contributed by atoms with Crippen LogP contribution in [-0.4, -0.2) is 35.0 Å². The van der Waals surface area contributed by atoms with Crippen molar-refractivity contribution < 1.29 is 14.4 Å². The molecule has 162 valence electrons. The lowest BCUT2D eigenvalue weighted by Gasteiger charge is -2.06. The highest BCUT2D eigenvalue weighted by atomic mass is 32.2. The van der Waals surface area contributed by atoms with Crippen LogP contribution in [0.15, 0.2) is 73.9 Å². The largest absolute Gasteiger partial charge is 0.497 e. The summed E-state index contributed by atoms with van der Waals surface area (Å²) in [5.41, 5.74) is 0.299. The maximum Gasteiger partial charge on any atom is 0.283 e. The summed E-state index contributed by atoms with van der Waals surface area (Å²) in [6.45, 7) is 0. The highest BCUT2D eigenvalue weighted by molar-refractivity contribution is 8.01. The van der Waals surface area contributed by atoms with Gasteiger partial charge in [-0.05, 0) is 30.3 Å². The fraction of sp³-hybridized carbons (Fsp3) is 0.0952. The summed E-state index contributed by atoms with van der Waals surface area (Å²) >= 11 is 2.51. The molecule has 2 aromatic heterocycles. The Morgan fingerprint density at radius 2 is 2.00 bits per heavy atom. The molecule has 0 radical (unpaired) electrons. The number of nitro groups is 1. The molecular formula is C21H16N4O5S2. The Morgan fingerprint density at radius 3 is 2.75 bits per heavy atom. The van der Waals surface area contributed by atoms with E-state index in [1.807, 2.05) is 0 Å². The number of thiophene rings is 1. The Hall–Kier alpha value is -3.70.